The molecule has 1 aromatic carbocycles. The van der Waals surface area contributed by atoms with Crippen molar-refractivity contribution in [3.05, 3.63) is 64.2 Å². The molecular weight excluding hydrogens is 400 g/mol. The lowest BCUT2D eigenvalue weighted by Gasteiger charge is -2.26. The average Bonchev–Trinajstić information content (AvgIpc) is 3.20. The Balaban J connectivity index is 1.61. The van der Waals surface area contributed by atoms with E-state index in [4.69, 9.17) is 21.7 Å². The van der Waals surface area contributed by atoms with Crippen LogP contribution in [0, 0.1) is 0 Å². The highest BCUT2D eigenvalue weighted by Gasteiger charge is 2.17. The van der Waals surface area contributed by atoms with Crippen molar-refractivity contribution in [3.8, 4) is 11.5 Å². The molecule has 8 heteroatoms. The summed E-state index contributed by atoms with van der Waals surface area (Å²) < 4.78 is 10.9. The van der Waals surface area contributed by atoms with Gasteiger partial charge in [0, 0.05) is 42.5 Å². The molecule has 0 aliphatic carbocycles. The maximum absolute atomic E-state index is 12.8. The van der Waals surface area contributed by atoms with Crippen molar-refractivity contribution in [2.45, 2.75) is 32.9 Å². The fourth-order valence-corrected chi connectivity index (χ4v) is 3.59. The van der Waals surface area contributed by atoms with Gasteiger partial charge in [-0.2, -0.15) is 0 Å². The minimum Gasteiger partial charge on any atom is -0.454 e. The molecule has 2 aromatic heterocycles. The molecule has 0 atom stereocenters. The SMILES string of the molecule is CCCCNC(=S)N(Cc1cccnc1)Cc1cc2cc3c(cc2[nH]c1=O)OCO3. The molecule has 7 nitrogen and oxygen atoms in total. The molecule has 0 bridgehead atoms. The van der Waals surface area contributed by atoms with Crippen LogP contribution in [-0.2, 0) is 13.1 Å². The van der Waals surface area contributed by atoms with Crippen LogP contribution in [0.3, 0.4) is 0 Å². The normalized spacial score (nSPS) is 12.2. The van der Waals surface area contributed by atoms with Crippen LogP contribution in [0.1, 0.15) is 30.9 Å². The molecule has 1 aliphatic heterocycles. The number of pyridine rings is 2. The number of ether oxygens (including phenoxy) is 2. The minimum absolute atomic E-state index is 0.145. The minimum atomic E-state index is -0.145. The number of rotatable bonds is 7. The Morgan fingerprint density at radius 3 is 2.87 bits per heavy atom. The van der Waals surface area contributed by atoms with E-state index in [1.165, 1.54) is 0 Å². The lowest BCUT2D eigenvalue weighted by Crippen LogP contribution is -2.40. The van der Waals surface area contributed by atoms with E-state index < -0.39 is 0 Å². The monoisotopic (exact) mass is 424 g/mol. The highest BCUT2D eigenvalue weighted by Crippen LogP contribution is 2.35. The van der Waals surface area contributed by atoms with Crippen molar-refractivity contribution in [2.24, 2.45) is 0 Å². The van der Waals surface area contributed by atoms with Crippen molar-refractivity contribution >= 4 is 28.2 Å². The smallest absolute Gasteiger partial charge is 0.253 e. The number of hydrogen-bond donors (Lipinski definition) is 2. The second kappa shape index (κ2) is 9.13. The number of thiocarbonyl (C=S) groups is 1. The fraction of sp³-hybridized carbons (Fsp3) is 0.318. The standard InChI is InChI=1S/C22H24N4O3S/c1-2-3-7-24-22(30)26(12-15-5-4-6-23-11-15)13-17-8-16-9-19-20(29-14-28-19)10-18(16)25-21(17)27/h4-6,8-11H,2-3,7,12-14H2,1H3,(H,24,30)(H,25,27). The van der Waals surface area contributed by atoms with Crippen molar-refractivity contribution in [3.63, 3.8) is 0 Å². The Morgan fingerprint density at radius 2 is 2.10 bits per heavy atom. The number of nitrogens with one attached hydrogen (secondary N) is 2. The number of fused-ring (bicyclic) bond motifs is 2. The number of aromatic nitrogens is 2. The first-order chi connectivity index (χ1) is 14.6. The Bertz CT molecular complexity index is 1100. The second-order valence-corrected chi connectivity index (χ2v) is 7.61. The molecule has 0 amide bonds. The molecule has 4 rings (SSSR count). The van der Waals surface area contributed by atoms with Gasteiger partial charge in [-0.15, -0.1) is 0 Å². The molecule has 0 radical (unpaired) electrons. The summed E-state index contributed by atoms with van der Waals surface area (Å²) in [5, 5.41) is 4.81. The number of unbranched alkanes of at least 4 members (excludes halogenated alkanes) is 1. The van der Waals surface area contributed by atoms with Gasteiger partial charge in [0.2, 0.25) is 6.79 Å². The van der Waals surface area contributed by atoms with Gasteiger partial charge >= 0.3 is 0 Å². The van der Waals surface area contributed by atoms with Crippen LogP contribution >= 0.6 is 12.2 Å². The molecular formula is C22H24N4O3S. The van der Waals surface area contributed by atoms with Crippen molar-refractivity contribution in [2.75, 3.05) is 13.3 Å². The van der Waals surface area contributed by atoms with Crippen molar-refractivity contribution in [1.82, 2.24) is 20.2 Å². The Morgan fingerprint density at radius 1 is 1.27 bits per heavy atom. The van der Waals surface area contributed by atoms with Crippen LogP contribution in [0.15, 0.2) is 47.5 Å². The molecule has 0 fully saturated rings. The first-order valence-corrected chi connectivity index (χ1v) is 10.4. The predicted molar refractivity (Wildman–Crippen MR) is 120 cm³/mol. The van der Waals surface area contributed by atoms with Crippen LogP contribution in [0.4, 0.5) is 0 Å². The van der Waals surface area contributed by atoms with Gasteiger partial charge in [-0.05, 0) is 42.4 Å². The van der Waals surface area contributed by atoms with Gasteiger partial charge in [-0.1, -0.05) is 19.4 Å². The van der Waals surface area contributed by atoms with Crippen molar-refractivity contribution < 1.29 is 9.47 Å². The summed E-state index contributed by atoms with van der Waals surface area (Å²) in [5.41, 5.74) is 2.23. The first-order valence-electron chi connectivity index (χ1n) is 10.0. The number of H-pyrrole nitrogens is 1. The molecule has 30 heavy (non-hydrogen) atoms. The van der Waals surface area contributed by atoms with Gasteiger partial charge in [0.25, 0.3) is 5.56 Å². The van der Waals surface area contributed by atoms with E-state index >= 15 is 0 Å². The Kier molecular flexibility index (Phi) is 6.13. The third-order valence-electron chi connectivity index (χ3n) is 4.97. The van der Waals surface area contributed by atoms with Crippen LogP contribution in [-0.4, -0.2) is 33.3 Å². The number of aromatic amines is 1. The van der Waals surface area contributed by atoms with E-state index in [-0.39, 0.29) is 12.4 Å². The third kappa shape index (κ3) is 4.54. The maximum Gasteiger partial charge on any atom is 0.253 e. The quantitative estimate of drug-likeness (QED) is 0.445. The van der Waals surface area contributed by atoms with Gasteiger partial charge in [0.05, 0.1) is 12.1 Å². The van der Waals surface area contributed by atoms with E-state index in [1.807, 2.05) is 35.4 Å². The molecule has 0 spiro atoms. The Labute approximate surface area is 180 Å². The molecule has 3 aromatic rings. The fourth-order valence-electron chi connectivity index (χ4n) is 3.36. The maximum atomic E-state index is 12.8. The topological polar surface area (TPSA) is 79.5 Å². The molecule has 1 aliphatic rings. The summed E-state index contributed by atoms with van der Waals surface area (Å²) in [6, 6.07) is 9.47. The van der Waals surface area contributed by atoms with Gasteiger partial charge in [-0.3, -0.25) is 9.78 Å². The summed E-state index contributed by atoms with van der Waals surface area (Å²) in [5.74, 6) is 1.33. The summed E-state index contributed by atoms with van der Waals surface area (Å²) in [4.78, 5) is 21.9. The molecule has 0 unspecified atom stereocenters. The first kappa shape index (κ1) is 20.2. The second-order valence-electron chi connectivity index (χ2n) is 7.22. The van der Waals surface area contributed by atoms with Gasteiger partial charge in [0.15, 0.2) is 16.6 Å². The van der Waals surface area contributed by atoms with Crippen LogP contribution in [0.2, 0.25) is 0 Å². The zero-order valence-corrected chi connectivity index (χ0v) is 17.6. The van der Waals surface area contributed by atoms with E-state index in [2.05, 4.69) is 22.2 Å². The molecule has 2 N–H and O–H groups in total. The zero-order chi connectivity index (χ0) is 20.9. The van der Waals surface area contributed by atoms with Crippen molar-refractivity contribution in [1.29, 1.82) is 0 Å². The number of nitrogens with zero attached hydrogens (tertiary/aromatic N) is 2. The largest absolute Gasteiger partial charge is 0.454 e. The highest BCUT2D eigenvalue weighted by molar-refractivity contribution is 7.80. The summed E-state index contributed by atoms with van der Waals surface area (Å²) in [7, 11) is 0. The molecule has 0 saturated heterocycles. The lowest BCUT2D eigenvalue weighted by molar-refractivity contribution is 0.174. The molecule has 0 saturated carbocycles. The van der Waals surface area contributed by atoms with E-state index in [9.17, 15) is 4.79 Å². The molecule has 156 valence electrons. The van der Waals surface area contributed by atoms with Gasteiger partial charge in [-0.25, -0.2) is 0 Å². The van der Waals surface area contributed by atoms with Gasteiger partial charge < -0.3 is 24.7 Å². The van der Waals surface area contributed by atoms with Crippen LogP contribution in [0.25, 0.3) is 10.9 Å². The van der Waals surface area contributed by atoms with Gasteiger partial charge in [0.1, 0.15) is 0 Å². The lowest BCUT2D eigenvalue weighted by atomic mass is 10.1. The zero-order valence-electron chi connectivity index (χ0n) is 16.8. The number of hydrogen-bond acceptors (Lipinski definition) is 5. The summed E-state index contributed by atoms with van der Waals surface area (Å²) in [6.45, 7) is 4.07. The van der Waals surface area contributed by atoms with Crippen LogP contribution < -0.4 is 20.3 Å². The predicted octanol–water partition coefficient (Wildman–Crippen LogP) is 3.33. The summed E-state index contributed by atoms with van der Waals surface area (Å²) in [6.07, 6.45) is 5.67. The van der Waals surface area contributed by atoms with E-state index in [1.54, 1.807) is 12.3 Å². The van der Waals surface area contributed by atoms with E-state index in [0.717, 1.165) is 35.9 Å². The summed E-state index contributed by atoms with van der Waals surface area (Å²) >= 11 is 5.64. The number of benzene rings is 1. The Hall–Kier alpha value is -3.13. The molecule has 3 heterocycles. The van der Waals surface area contributed by atoms with E-state index in [0.29, 0.717) is 35.3 Å². The average molecular weight is 425 g/mol. The third-order valence-corrected chi connectivity index (χ3v) is 5.37. The van der Waals surface area contributed by atoms with Crippen LogP contribution in [0.5, 0.6) is 11.5 Å². The highest BCUT2D eigenvalue weighted by atomic mass is 32.1.